The number of anilines is 1. The van der Waals surface area contributed by atoms with Crippen molar-refractivity contribution in [3.05, 3.63) is 48.0 Å². The van der Waals surface area contributed by atoms with Crippen molar-refractivity contribution in [2.24, 2.45) is 0 Å². The number of carbonyl (C=O) groups excluding carboxylic acids is 1. The van der Waals surface area contributed by atoms with Gasteiger partial charge in [0.05, 0.1) is 11.8 Å². The van der Waals surface area contributed by atoms with Crippen LogP contribution >= 0.6 is 23.1 Å². The Hall–Kier alpha value is -2.09. The Morgan fingerprint density at radius 2 is 1.84 bits per heavy atom. The largest absolute Gasteiger partial charge is 0.494 e. The van der Waals surface area contributed by atoms with Gasteiger partial charge in [0.1, 0.15) is 11.3 Å². The van der Waals surface area contributed by atoms with Crippen LogP contribution in [0.4, 0.5) is 5.13 Å². The molecule has 172 valence electrons. The van der Waals surface area contributed by atoms with Crippen LogP contribution in [0.15, 0.2) is 47.4 Å². The highest BCUT2D eigenvalue weighted by Gasteiger charge is 2.22. The summed E-state index contributed by atoms with van der Waals surface area (Å²) in [6, 6.07) is 14.3. The van der Waals surface area contributed by atoms with E-state index in [0.29, 0.717) is 13.0 Å². The molecule has 3 rings (SSSR count). The summed E-state index contributed by atoms with van der Waals surface area (Å²) < 4.78 is 6.60. The smallest absolute Gasteiger partial charge is 0.228 e. The number of hydrogen-bond acceptors (Lipinski definition) is 6. The predicted octanol–water partition coefficient (Wildman–Crippen LogP) is 5.86. The normalized spacial score (nSPS) is 11.3. The van der Waals surface area contributed by atoms with E-state index >= 15 is 0 Å². The average molecular weight is 472 g/mol. The zero-order valence-corrected chi connectivity index (χ0v) is 21.1. The van der Waals surface area contributed by atoms with Crippen LogP contribution in [-0.4, -0.2) is 54.8 Å². The fourth-order valence-corrected chi connectivity index (χ4v) is 5.52. The Bertz CT molecular complexity index is 1000. The number of rotatable bonds is 12. The molecule has 2 aromatic carbocycles. The summed E-state index contributed by atoms with van der Waals surface area (Å²) in [4.78, 5) is 23.6. The molecule has 0 spiro atoms. The number of hydrogen-bond donors (Lipinski definition) is 0. The highest BCUT2D eigenvalue weighted by Crippen LogP contribution is 2.36. The highest BCUT2D eigenvalue weighted by molar-refractivity contribution is 7.99. The second-order valence-corrected chi connectivity index (χ2v) is 9.74. The molecular formula is C25H33N3O2S2. The molecule has 7 heteroatoms. The molecule has 1 heterocycles. The van der Waals surface area contributed by atoms with Gasteiger partial charge in [0.15, 0.2) is 5.13 Å². The first-order valence-electron chi connectivity index (χ1n) is 11.2. The van der Waals surface area contributed by atoms with Crippen LogP contribution < -0.4 is 9.64 Å². The Labute approximate surface area is 199 Å². The van der Waals surface area contributed by atoms with Crippen LogP contribution in [0, 0.1) is 6.92 Å². The average Bonchev–Trinajstić information content (AvgIpc) is 3.26. The van der Waals surface area contributed by atoms with E-state index in [2.05, 4.69) is 37.8 Å². The van der Waals surface area contributed by atoms with Gasteiger partial charge >= 0.3 is 0 Å². The fraction of sp³-hybridized carbons (Fsp3) is 0.440. The molecule has 0 aliphatic heterocycles. The van der Waals surface area contributed by atoms with Crippen LogP contribution in [-0.2, 0) is 4.79 Å². The van der Waals surface area contributed by atoms with Gasteiger partial charge in [0.25, 0.3) is 0 Å². The third kappa shape index (κ3) is 6.24. The van der Waals surface area contributed by atoms with Crippen LogP contribution in [0.3, 0.4) is 0 Å². The van der Waals surface area contributed by atoms with Gasteiger partial charge in [-0.1, -0.05) is 49.4 Å². The molecule has 3 aromatic rings. The van der Waals surface area contributed by atoms with Crippen molar-refractivity contribution >= 4 is 44.4 Å². The summed E-state index contributed by atoms with van der Waals surface area (Å²) in [5.74, 6) is 1.82. The lowest BCUT2D eigenvalue weighted by atomic mass is 10.2. The van der Waals surface area contributed by atoms with Gasteiger partial charge in [0.2, 0.25) is 5.91 Å². The van der Waals surface area contributed by atoms with E-state index in [-0.39, 0.29) is 5.91 Å². The summed E-state index contributed by atoms with van der Waals surface area (Å²) >= 11 is 3.38. The first-order chi connectivity index (χ1) is 15.6. The standard InChI is InChI=1S/C25H33N3O2S2/c1-5-27(6-2)16-17-28(22(29)13-10-18-31-20-11-8-7-9-12-20)25-26-23-21(30-4)15-14-19(3)24(23)32-25/h7-9,11-12,14-15H,5-6,10,13,16-18H2,1-4H3. The van der Waals surface area contributed by atoms with Gasteiger partial charge in [-0.2, -0.15) is 0 Å². The van der Waals surface area contributed by atoms with Gasteiger partial charge in [-0.3, -0.25) is 9.69 Å². The number of thiazole rings is 1. The van der Waals surface area contributed by atoms with E-state index in [1.54, 1.807) is 30.2 Å². The number of thioether (sulfide) groups is 1. The highest BCUT2D eigenvalue weighted by atomic mass is 32.2. The molecule has 1 amide bonds. The number of aryl methyl sites for hydroxylation is 1. The van der Waals surface area contributed by atoms with Crippen molar-refractivity contribution in [1.82, 2.24) is 9.88 Å². The molecule has 0 aliphatic rings. The molecule has 1 aromatic heterocycles. The second-order valence-electron chi connectivity index (χ2n) is 7.60. The van der Waals surface area contributed by atoms with Crippen molar-refractivity contribution < 1.29 is 9.53 Å². The quantitative estimate of drug-likeness (QED) is 0.244. The number of amides is 1. The minimum atomic E-state index is 0.140. The molecule has 0 unspecified atom stereocenters. The van der Waals surface area contributed by atoms with Gasteiger partial charge in [-0.05, 0) is 55.9 Å². The zero-order chi connectivity index (χ0) is 22.9. The van der Waals surface area contributed by atoms with E-state index in [0.717, 1.165) is 58.5 Å². The van der Waals surface area contributed by atoms with E-state index < -0.39 is 0 Å². The van der Waals surface area contributed by atoms with Crippen molar-refractivity contribution in [2.45, 2.75) is 38.5 Å². The molecule has 0 radical (unpaired) electrons. The second kappa shape index (κ2) is 12.2. The van der Waals surface area contributed by atoms with Gasteiger partial charge in [0, 0.05) is 24.4 Å². The molecule has 0 saturated heterocycles. The lowest BCUT2D eigenvalue weighted by Gasteiger charge is -2.24. The monoisotopic (exact) mass is 471 g/mol. The molecule has 0 atom stereocenters. The van der Waals surface area contributed by atoms with Crippen molar-refractivity contribution in [2.75, 3.05) is 43.9 Å². The first kappa shape index (κ1) is 24.6. The van der Waals surface area contributed by atoms with Crippen molar-refractivity contribution in [1.29, 1.82) is 0 Å². The summed E-state index contributed by atoms with van der Waals surface area (Å²) in [7, 11) is 1.66. The molecule has 0 N–H and O–H groups in total. The Morgan fingerprint density at radius 1 is 1.09 bits per heavy atom. The number of methoxy groups -OCH3 is 1. The van der Waals surface area contributed by atoms with E-state index in [9.17, 15) is 4.79 Å². The maximum atomic E-state index is 13.3. The first-order valence-corrected chi connectivity index (χ1v) is 13.0. The molecule has 5 nitrogen and oxygen atoms in total. The van der Waals surface area contributed by atoms with Crippen LogP contribution in [0.1, 0.15) is 32.3 Å². The fourth-order valence-electron chi connectivity index (χ4n) is 3.55. The molecule has 0 saturated carbocycles. The van der Waals surface area contributed by atoms with Crippen molar-refractivity contribution in [3.8, 4) is 5.75 Å². The molecule has 0 fully saturated rings. The van der Waals surface area contributed by atoms with Crippen LogP contribution in [0.2, 0.25) is 0 Å². The number of ether oxygens (including phenoxy) is 1. The summed E-state index contributed by atoms with van der Waals surface area (Å²) in [6.07, 6.45) is 1.36. The predicted molar refractivity (Wildman–Crippen MR) is 137 cm³/mol. The van der Waals surface area contributed by atoms with E-state index in [1.165, 1.54) is 4.90 Å². The van der Waals surface area contributed by atoms with E-state index in [4.69, 9.17) is 9.72 Å². The number of likely N-dealkylation sites (N-methyl/N-ethyl adjacent to an activating group) is 1. The minimum Gasteiger partial charge on any atom is -0.494 e. The molecule has 0 aliphatic carbocycles. The third-order valence-electron chi connectivity index (χ3n) is 5.53. The number of aromatic nitrogens is 1. The number of benzene rings is 2. The number of fused-ring (bicyclic) bond motifs is 1. The maximum Gasteiger partial charge on any atom is 0.228 e. The maximum absolute atomic E-state index is 13.3. The lowest BCUT2D eigenvalue weighted by molar-refractivity contribution is -0.118. The topological polar surface area (TPSA) is 45.7 Å². The van der Waals surface area contributed by atoms with E-state index in [1.807, 2.05) is 35.2 Å². The van der Waals surface area contributed by atoms with Crippen LogP contribution in [0.25, 0.3) is 10.2 Å². The van der Waals surface area contributed by atoms with Gasteiger partial charge in [-0.15, -0.1) is 11.8 Å². The molecule has 0 bridgehead atoms. The minimum absolute atomic E-state index is 0.140. The summed E-state index contributed by atoms with van der Waals surface area (Å²) in [6.45, 7) is 9.81. The summed E-state index contributed by atoms with van der Waals surface area (Å²) in [5.41, 5.74) is 1.99. The summed E-state index contributed by atoms with van der Waals surface area (Å²) in [5, 5.41) is 0.764. The Kier molecular flexibility index (Phi) is 9.38. The van der Waals surface area contributed by atoms with Gasteiger partial charge in [-0.25, -0.2) is 4.98 Å². The van der Waals surface area contributed by atoms with Gasteiger partial charge < -0.3 is 9.64 Å². The number of nitrogens with zero attached hydrogens (tertiary/aromatic N) is 3. The van der Waals surface area contributed by atoms with Crippen LogP contribution in [0.5, 0.6) is 5.75 Å². The zero-order valence-electron chi connectivity index (χ0n) is 19.5. The molecule has 32 heavy (non-hydrogen) atoms. The SMILES string of the molecule is CCN(CC)CCN(C(=O)CCCSc1ccccc1)c1nc2c(OC)ccc(C)c2s1. The lowest BCUT2D eigenvalue weighted by Crippen LogP contribution is -2.38. The Morgan fingerprint density at radius 3 is 2.53 bits per heavy atom. The van der Waals surface area contributed by atoms with Crippen molar-refractivity contribution in [3.63, 3.8) is 0 Å². The number of carbonyl (C=O) groups is 1. The third-order valence-corrected chi connectivity index (χ3v) is 7.84. The molecular weight excluding hydrogens is 438 g/mol. The Balaban J connectivity index is 1.74.